The topological polar surface area (TPSA) is 125 Å². The summed E-state index contributed by atoms with van der Waals surface area (Å²) in [6, 6.07) is -0.255. The number of carbonyl (C=O) groups excluding carboxylic acids is 1. The summed E-state index contributed by atoms with van der Waals surface area (Å²) in [5.74, 6) is 0.851. The molecule has 0 aliphatic heterocycles. The second-order valence-corrected chi connectivity index (χ2v) is 11.6. The Hall–Kier alpha value is -0.850. The van der Waals surface area contributed by atoms with Crippen LogP contribution in [0.4, 0.5) is 0 Å². The molecule has 4 fully saturated rings. The summed E-state index contributed by atoms with van der Waals surface area (Å²) >= 11 is 0. The Kier molecular flexibility index (Phi) is 5.47. The zero-order chi connectivity index (χ0) is 21.9. The average Bonchev–Trinajstić information content (AvgIpc) is 2.99. The molecule has 0 bridgehead atoms. The van der Waals surface area contributed by atoms with Crippen molar-refractivity contribution in [1.82, 2.24) is 0 Å². The third-order valence-corrected chi connectivity index (χ3v) is 10.8. The third-order valence-electron chi connectivity index (χ3n) is 10.8. The first-order valence-corrected chi connectivity index (χ1v) is 12.3. The number of hydrogen-bond acceptors (Lipinski definition) is 6. The fourth-order valence-corrected chi connectivity index (χ4v) is 8.89. The Bertz CT molecular complexity index is 715. The minimum Gasteiger partial charge on any atom is -0.330 e. The standard InChI is InChI=1S/C24H42N4O2/c1-4-16-20(29)19-17-8-12-23(26,9-5-13-25)21(17,2)11-7-18(19)22(3)10-6-15(28-30)14-24(16,22)27/h15-19H,4-14,25-27H2,1-3H3/t15-,16?,17?,18?,19?,21?,22?,23-,24?/m1/s1. The number of rotatable bonds is 5. The monoisotopic (exact) mass is 418 g/mol. The van der Waals surface area contributed by atoms with Crippen molar-refractivity contribution in [2.24, 2.45) is 56.9 Å². The van der Waals surface area contributed by atoms with Crippen molar-refractivity contribution < 1.29 is 4.79 Å². The van der Waals surface area contributed by atoms with Crippen molar-refractivity contribution in [3.8, 4) is 0 Å². The molecule has 0 aromatic rings. The molecule has 4 aliphatic carbocycles. The molecule has 6 nitrogen and oxygen atoms in total. The molecule has 6 N–H and O–H groups in total. The van der Waals surface area contributed by atoms with Gasteiger partial charge in [0.15, 0.2) is 0 Å². The van der Waals surface area contributed by atoms with E-state index >= 15 is 0 Å². The van der Waals surface area contributed by atoms with Crippen molar-refractivity contribution in [2.45, 2.75) is 102 Å². The maximum Gasteiger partial charge on any atom is 0.141 e. The molecule has 4 aliphatic rings. The van der Waals surface area contributed by atoms with Gasteiger partial charge in [0.1, 0.15) is 5.78 Å². The maximum atomic E-state index is 14.0. The summed E-state index contributed by atoms with van der Waals surface area (Å²) in [6.45, 7) is 7.43. The van der Waals surface area contributed by atoms with Crippen LogP contribution in [-0.4, -0.2) is 29.4 Å². The molecule has 6 heteroatoms. The maximum absolute atomic E-state index is 14.0. The number of carbonyl (C=O) groups is 1. The van der Waals surface area contributed by atoms with Crippen LogP contribution in [0.3, 0.4) is 0 Å². The zero-order valence-electron chi connectivity index (χ0n) is 19.2. The molecule has 9 atom stereocenters. The van der Waals surface area contributed by atoms with Gasteiger partial charge in [0.2, 0.25) is 0 Å². The van der Waals surface area contributed by atoms with Crippen LogP contribution in [0.2, 0.25) is 0 Å². The molecule has 0 amide bonds. The second kappa shape index (κ2) is 7.35. The average molecular weight is 419 g/mol. The normalized spacial score (nSPS) is 53.0. The number of nitrogens with zero attached hydrogens (tertiary/aromatic N) is 1. The van der Waals surface area contributed by atoms with Crippen molar-refractivity contribution in [2.75, 3.05) is 6.54 Å². The minimum atomic E-state index is -0.622. The lowest BCUT2D eigenvalue weighted by Crippen LogP contribution is -2.74. The van der Waals surface area contributed by atoms with Crippen LogP contribution in [0.5, 0.6) is 0 Å². The predicted octanol–water partition coefficient (Wildman–Crippen LogP) is 3.50. The van der Waals surface area contributed by atoms with Gasteiger partial charge in [0, 0.05) is 22.9 Å². The summed E-state index contributed by atoms with van der Waals surface area (Å²) in [6.07, 6.45) is 8.98. The van der Waals surface area contributed by atoms with Crippen LogP contribution in [0.15, 0.2) is 5.18 Å². The smallest absolute Gasteiger partial charge is 0.141 e. The second-order valence-electron chi connectivity index (χ2n) is 11.6. The van der Waals surface area contributed by atoms with E-state index in [1.54, 1.807) is 0 Å². The summed E-state index contributed by atoms with van der Waals surface area (Å²) in [4.78, 5) is 25.4. The number of nitroso groups, excluding NO2 is 1. The Labute approximate surface area is 181 Å². The molecule has 4 rings (SSSR count). The Balaban J connectivity index is 1.73. The number of hydrogen-bond donors (Lipinski definition) is 3. The Morgan fingerprint density at radius 2 is 1.67 bits per heavy atom. The van der Waals surface area contributed by atoms with Crippen molar-refractivity contribution in [3.05, 3.63) is 4.91 Å². The summed E-state index contributed by atoms with van der Waals surface area (Å²) < 4.78 is 0. The molecule has 0 radical (unpaired) electrons. The SMILES string of the molecule is CCC1C(=O)C2C(CCC3(C)C2CC[C@]3(N)CCCN)C2(C)CC[C@@H](N=O)CC12N. The molecule has 0 aromatic heterocycles. The van der Waals surface area contributed by atoms with Crippen LogP contribution in [0, 0.1) is 39.4 Å². The molecule has 170 valence electrons. The van der Waals surface area contributed by atoms with Crippen molar-refractivity contribution in [3.63, 3.8) is 0 Å². The van der Waals surface area contributed by atoms with E-state index in [4.69, 9.17) is 17.2 Å². The van der Waals surface area contributed by atoms with Gasteiger partial charge in [-0.3, -0.25) is 4.79 Å². The van der Waals surface area contributed by atoms with E-state index in [1.165, 1.54) is 0 Å². The van der Waals surface area contributed by atoms with E-state index in [0.717, 1.165) is 57.8 Å². The first kappa shape index (κ1) is 22.3. The lowest BCUT2D eigenvalue weighted by molar-refractivity contribution is -0.173. The quantitative estimate of drug-likeness (QED) is 0.589. The van der Waals surface area contributed by atoms with E-state index in [9.17, 15) is 9.70 Å². The first-order chi connectivity index (χ1) is 14.1. The molecule has 0 heterocycles. The van der Waals surface area contributed by atoms with Gasteiger partial charge >= 0.3 is 0 Å². The molecular weight excluding hydrogens is 376 g/mol. The number of nitrogens with two attached hydrogens (primary N) is 3. The Morgan fingerprint density at radius 1 is 1.03 bits per heavy atom. The molecule has 7 unspecified atom stereocenters. The lowest BCUT2D eigenvalue weighted by Gasteiger charge is -2.66. The van der Waals surface area contributed by atoms with Crippen molar-refractivity contribution >= 4 is 5.78 Å². The lowest BCUT2D eigenvalue weighted by atomic mass is 9.39. The number of Topliss-reactive ketones (excluding diaryl/α,β-unsaturated/α-hetero) is 1. The van der Waals surface area contributed by atoms with E-state index in [1.807, 2.05) is 0 Å². The molecule has 0 saturated heterocycles. The van der Waals surface area contributed by atoms with E-state index < -0.39 is 5.54 Å². The summed E-state index contributed by atoms with van der Waals surface area (Å²) in [5, 5.41) is 3.36. The number of fused-ring (bicyclic) bond motifs is 5. The van der Waals surface area contributed by atoms with Crippen LogP contribution in [0.25, 0.3) is 0 Å². The van der Waals surface area contributed by atoms with Gasteiger partial charge < -0.3 is 17.2 Å². The van der Waals surface area contributed by atoms with Gasteiger partial charge in [-0.25, -0.2) is 0 Å². The fraction of sp³-hybridized carbons (Fsp3) is 0.958. The molecule has 30 heavy (non-hydrogen) atoms. The molecule has 0 spiro atoms. The minimum absolute atomic E-state index is 0.0101. The van der Waals surface area contributed by atoms with Crippen LogP contribution >= 0.6 is 0 Å². The molecular formula is C24H42N4O2. The predicted molar refractivity (Wildman–Crippen MR) is 119 cm³/mol. The van der Waals surface area contributed by atoms with Gasteiger partial charge in [-0.1, -0.05) is 25.9 Å². The highest BCUT2D eigenvalue weighted by Crippen LogP contribution is 2.69. The van der Waals surface area contributed by atoms with Gasteiger partial charge in [0.05, 0.1) is 6.04 Å². The van der Waals surface area contributed by atoms with E-state index in [-0.39, 0.29) is 34.2 Å². The highest BCUT2D eigenvalue weighted by Gasteiger charge is 2.70. The largest absolute Gasteiger partial charge is 0.330 e. The third kappa shape index (κ3) is 2.69. The number of ketones is 1. The van der Waals surface area contributed by atoms with E-state index in [0.29, 0.717) is 30.6 Å². The first-order valence-electron chi connectivity index (χ1n) is 12.3. The van der Waals surface area contributed by atoms with Crippen LogP contribution < -0.4 is 17.2 Å². The van der Waals surface area contributed by atoms with Crippen molar-refractivity contribution in [1.29, 1.82) is 0 Å². The van der Waals surface area contributed by atoms with Crippen LogP contribution in [-0.2, 0) is 4.79 Å². The molecule has 4 saturated carbocycles. The summed E-state index contributed by atoms with van der Waals surface area (Å²) in [7, 11) is 0. The fourth-order valence-electron chi connectivity index (χ4n) is 8.89. The summed E-state index contributed by atoms with van der Waals surface area (Å²) in [5.41, 5.74) is 19.0. The molecule has 0 aromatic carbocycles. The van der Waals surface area contributed by atoms with Gasteiger partial charge in [0.25, 0.3) is 0 Å². The van der Waals surface area contributed by atoms with Gasteiger partial charge in [-0.05, 0) is 93.4 Å². The van der Waals surface area contributed by atoms with Gasteiger partial charge in [-0.15, -0.1) is 0 Å². The zero-order valence-corrected chi connectivity index (χ0v) is 19.2. The highest BCUT2D eigenvalue weighted by atomic mass is 16.3. The van der Waals surface area contributed by atoms with Gasteiger partial charge in [-0.2, -0.15) is 4.91 Å². The van der Waals surface area contributed by atoms with Crippen LogP contribution in [0.1, 0.15) is 85.0 Å². The van der Waals surface area contributed by atoms with E-state index in [2.05, 4.69) is 25.9 Å². The Morgan fingerprint density at radius 3 is 2.30 bits per heavy atom. The highest BCUT2D eigenvalue weighted by molar-refractivity contribution is 5.87.